The molecule has 1 unspecified atom stereocenters. The van der Waals surface area contributed by atoms with Crippen LogP contribution in [0.4, 0.5) is 14.9 Å². The van der Waals surface area contributed by atoms with Crippen LogP contribution in [0.25, 0.3) is 0 Å². The van der Waals surface area contributed by atoms with Crippen LogP contribution < -0.4 is 10.2 Å². The fraction of sp³-hybridized carbons (Fsp3) is 0.500. The Morgan fingerprint density at radius 3 is 2.32 bits per heavy atom. The van der Waals surface area contributed by atoms with Crippen molar-refractivity contribution in [3.8, 4) is 0 Å². The molecule has 1 aliphatic heterocycles. The first-order chi connectivity index (χ1) is 23.6. The number of ether oxygens (including phenoxy) is 2. The summed E-state index contributed by atoms with van der Waals surface area (Å²) in [5, 5.41) is 0. The molecule has 0 bridgehead atoms. The van der Waals surface area contributed by atoms with Gasteiger partial charge in [-0.1, -0.05) is 55.3 Å². The summed E-state index contributed by atoms with van der Waals surface area (Å²) in [5.41, 5.74) is 1.61. The summed E-state index contributed by atoms with van der Waals surface area (Å²) in [5.74, 6) is -0.926. The zero-order valence-electron chi connectivity index (χ0n) is 30.0. The molecule has 1 amide bonds. The van der Waals surface area contributed by atoms with E-state index >= 15 is 4.39 Å². The van der Waals surface area contributed by atoms with E-state index in [1.165, 1.54) is 18.1 Å². The molecule has 1 saturated heterocycles. The molecule has 12 heteroatoms. The van der Waals surface area contributed by atoms with Crippen LogP contribution in [0.1, 0.15) is 90.5 Å². The summed E-state index contributed by atoms with van der Waals surface area (Å²) in [7, 11) is 0.0147. The molecule has 2 N–H and O–H groups in total. The van der Waals surface area contributed by atoms with Gasteiger partial charge in [-0.25, -0.2) is 28.4 Å². The standard InChI is InChI=1S/C38H49FN4O6S/c1-35(2,3)48-34(45)43-25-37(47-7,27-13-9-8-10-14-27)24-31(43)33(44)49-41-30-23-28(18-19-29(30)39)38(21-20-26-16-17-26,32-15-11-12-22-40-32)42-50(46)36(4,5)6/h8-15,18-19,22-23,26,31,41-42H,16-17,20-21,24-25H2,1-7H3/t31-,37-,38?,50+/m1/s1. The van der Waals surface area contributed by atoms with Crippen molar-refractivity contribution in [2.24, 2.45) is 5.92 Å². The number of hydrogen-bond donors (Lipinski definition) is 2. The van der Waals surface area contributed by atoms with E-state index in [0.29, 0.717) is 23.6 Å². The van der Waals surface area contributed by atoms with Gasteiger partial charge in [-0.3, -0.25) is 9.88 Å². The van der Waals surface area contributed by atoms with Crippen molar-refractivity contribution in [3.63, 3.8) is 0 Å². The lowest BCUT2D eigenvalue weighted by Crippen LogP contribution is -2.49. The highest BCUT2D eigenvalue weighted by Crippen LogP contribution is 2.43. The Balaban J connectivity index is 1.46. The van der Waals surface area contributed by atoms with Gasteiger partial charge in [-0.15, -0.1) is 0 Å². The fourth-order valence-corrected chi connectivity index (χ4v) is 7.14. The highest BCUT2D eigenvalue weighted by atomic mass is 32.2. The van der Waals surface area contributed by atoms with Crippen LogP contribution in [0.15, 0.2) is 72.9 Å². The first-order valence-corrected chi connectivity index (χ1v) is 18.2. The maximum absolute atomic E-state index is 15.5. The number of methoxy groups -OCH3 is 1. The lowest BCUT2D eigenvalue weighted by molar-refractivity contribution is -0.146. The third kappa shape index (κ3) is 8.52. The Bertz CT molecular complexity index is 1680. The molecule has 2 heterocycles. The monoisotopic (exact) mass is 708 g/mol. The minimum atomic E-state index is -1.52. The van der Waals surface area contributed by atoms with E-state index in [9.17, 15) is 13.8 Å². The number of hydrogen-bond acceptors (Lipinski definition) is 8. The zero-order chi connectivity index (χ0) is 36.3. The van der Waals surface area contributed by atoms with Gasteiger partial charge >= 0.3 is 12.1 Å². The highest BCUT2D eigenvalue weighted by molar-refractivity contribution is 7.84. The maximum atomic E-state index is 15.5. The topological polar surface area (TPSA) is 119 Å². The lowest BCUT2D eigenvalue weighted by atomic mass is 9.82. The molecule has 2 fully saturated rings. The molecule has 5 rings (SSSR count). The summed E-state index contributed by atoms with van der Waals surface area (Å²) >= 11 is 0. The average molecular weight is 709 g/mol. The maximum Gasteiger partial charge on any atom is 0.411 e. The van der Waals surface area contributed by atoms with E-state index in [4.69, 9.17) is 14.3 Å². The molecule has 2 aliphatic rings. The minimum Gasteiger partial charge on any atom is -0.444 e. The molecule has 270 valence electrons. The van der Waals surface area contributed by atoms with Crippen LogP contribution >= 0.6 is 0 Å². The molecule has 2 aromatic carbocycles. The van der Waals surface area contributed by atoms with E-state index in [1.54, 1.807) is 39.1 Å². The highest BCUT2D eigenvalue weighted by Gasteiger charge is 2.52. The smallest absolute Gasteiger partial charge is 0.411 e. The third-order valence-corrected chi connectivity index (χ3v) is 10.8. The summed E-state index contributed by atoms with van der Waals surface area (Å²) in [6.45, 7) is 10.9. The SMILES string of the molecule is CO[C@]1(c2ccccc2)C[C@H](C(=O)ONc2cc(C(CCC3CC3)(N[S@@](=O)C(C)(C)C)c3ccccn3)ccc2F)N(C(=O)OC(C)(C)C)C1. The van der Waals surface area contributed by atoms with Gasteiger partial charge in [0.1, 0.15) is 28.7 Å². The number of benzene rings is 2. The number of anilines is 1. The number of nitrogens with zero attached hydrogens (tertiary/aromatic N) is 2. The number of pyridine rings is 1. The Morgan fingerprint density at radius 1 is 1.02 bits per heavy atom. The number of nitrogens with one attached hydrogen (secondary N) is 2. The van der Waals surface area contributed by atoms with Crippen molar-refractivity contribution in [2.45, 2.75) is 101 Å². The molecule has 50 heavy (non-hydrogen) atoms. The number of rotatable bonds is 12. The van der Waals surface area contributed by atoms with Crippen molar-refractivity contribution < 1.29 is 32.5 Å². The van der Waals surface area contributed by atoms with Crippen molar-refractivity contribution in [1.29, 1.82) is 0 Å². The average Bonchev–Trinajstić information content (AvgIpc) is 3.82. The van der Waals surface area contributed by atoms with Crippen LogP contribution in [0.2, 0.25) is 0 Å². The lowest BCUT2D eigenvalue weighted by Gasteiger charge is -2.37. The summed E-state index contributed by atoms with van der Waals surface area (Å²) in [6.07, 6.45) is 4.74. The van der Waals surface area contributed by atoms with Gasteiger partial charge in [-0.2, -0.15) is 0 Å². The van der Waals surface area contributed by atoms with E-state index in [1.807, 2.05) is 69.3 Å². The Kier molecular flexibility index (Phi) is 11.0. The number of carbonyl (C=O) groups is 2. The third-order valence-electron chi connectivity index (χ3n) is 9.19. The van der Waals surface area contributed by atoms with Gasteiger partial charge in [0.15, 0.2) is 0 Å². The van der Waals surface area contributed by atoms with Gasteiger partial charge in [0.25, 0.3) is 0 Å². The van der Waals surface area contributed by atoms with Crippen molar-refractivity contribution in [1.82, 2.24) is 14.6 Å². The molecule has 1 saturated carbocycles. The number of aromatic nitrogens is 1. The van der Waals surface area contributed by atoms with Crippen molar-refractivity contribution in [2.75, 3.05) is 19.1 Å². The molecule has 10 nitrogen and oxygen atoms in total. The largest absolute Gasteiger partial charge is 0.444 e. The Morgan fingerprint density at radius 2 is 1.72 bits per heavy atom. The predicted octanol–water partition coefficient (Wildman–Crippen LogP) is 7.13. The van der Waals surface area contributed by atoms with Gasteiger partial charge in [0, 0.05) is 19.7 Å². The Labute approximate surface area is 297 Å². The molecule has 1 aromatic heterocycles. The van der Waals surface area contributed by atoms with Gasteiger partial charge < -0.3 is 14.3 Å². The predicted molar refractivity (Wildman–Crippen MR) is 191 cm³/mol. The van der Waals surface area contributed by atoms with E-state index in [0.717, 1.165) is 24.8 Å². The first-order valence-electron chi connectivity index (χ1n) is 17.1. The van der Waals surface area contributed by atoms with Crippen LogP contribution in [0.5, 0.6) is 0 Å². The van der Waals surface area contributed by atoms with Gasteiger partial charge in [0.2, 0.25) is 0 Å². The summed E-state index contributed by atoms with van der Waals surface area (Å²) in [4.78, 5) is 38.8. The van der Waals surface area contributed by atoms with E-state index in [-0.39, 0.29) is 18.7 Å². The summed E-state index contributed by atoms with van der Waals surface area (Å²) < 4.78 is 43.6. The fourth-order valence-electron chi connectivity index (χ4n) is 6.19. The number of carbonyl (C=O) groups excluding carboxylic acids is 2. The molecule has 4 atom stereocenters. The van der Waals surface area contributed by atoms with Gasteiger partial charge in [-0.05, 0) is 95.7 Å². The first kappa shape index (κ1) is 37.4. The van der Waals surface area contributed by atoms with Crippen LogP contribution in [0.3, 0.4) is 0 Å². The van der Waals surface area contributed by atoms with E-state index < -0.39 is 56.4 Å². The molecule has 3 aromatic rings. The molecule has 0 radical (unpaired) electrons. The van der Waals surface area contributed by atoms with Crippen LogP contribution in [-0.2, 0) is 41.2 Å². The van der Waals surface area contributed by atoms with Crippen LogP contribution in [0, 0.1) is 11.7 Å². The summed E-state index contributed by atoms with van der Waals surface area (Å²) in [6, 6.07) is 18.3. The second kappa shape index (κ2) is 14.8. The molecular formula is C38H49FN4O6S. The van der Waals surface area contributed by atoms with Crippen LogP contribution in [-0.4, -0.2) is 56.2 Å². The van der Waals surface area contributed by atoms with Gasteiger partial charge in [0.05, 0.1) is 33.5 Å². The molecule has 1 aliphatic carbocycles. The molecular weight excluding hydrogens is 660 g/mol. The number of likely N-dealkylation sites (tertiary alicyclic amines) is 1. The normalized spacial score (nSPS) is 21.3. The quantitative estimate of drug-likeness (QED) is 0.191. The van der Waals surface area contributed by atoms with Crippen molar-refractivity contribution >= 4 is 28.7 Å². The van der Waals surface area contributed by atoms with E-state index in [2.05, 4.69) is 15.2 Å². The number of amides is 1. The minimum absolute atomic E-state index is 0.0379. The second-order valence-corrected chi connectivity index (χ2v) is 17.2. The second-order valence-electron chi connectivity index (χ2n) is 15.2. The van der Waals surface area contributed by atoms with Crippen molar-refractivity contribution in [3.05, 3.63) is 95.6 Å². The zero-order valence-corrected chi connectivity index (χ0v) is 30.8. The number of halogens is 1. The Hall–Kier alpha value is -3.87. The molecule has 0 spiro atoms.